The summed E-state index contributed by atoms with van der Waals surface area (Å²) in [7, 11) is -1.42. The van der Waals surface area contributed by atoms with Gasteiger partial charge in [0.1, 0.15) is 11.9 Å². The topological polar surface area (TPSA) is 84.7 Å². The summed E-state index contributed by atoms with van der Waals surface area (Å²) >= 11 is 0. The zero-order chi connectivity index (χ0) is 15.5. The number of nitrogen functional groups attached to an aromatic ring is 1. The minimum atomic E-state index is -3.49. The third-order valence-electron chi connectivity index (χ3n) is 3.59. The smallest absolute Gasteiger partial charge is 0.240 e. The molecule has 1 aliphatic rings. The quantitative estimate of drug-likeness (QED) is 0.794. The predicted octanol–water partition coefficient (Wildman–Crippen LogP) is 1.04. The predicted molar refractivity (Wildman–Crippen MR) is 82.9 cm³/mol. The van der Waals surface area contributed by atoms with E-state index in [1.54, 1.807) is 13.0 Å². The first-order chi connectivity index (χ1) is 9.92. The summed E-state index contributed by atoms with van der Waals surface area (Å²) < 4.78 is 32.4. The van der Waals surface area contributed by atoms with Crippen molar-refractivity contribution in [1.29, 1.82) is 0 Å². The number of anilines is 1. The second kappa shape index (κ2) is 6.64. The molecule has 1 aromatic rings. The Bertz CT molecular complexity index is 581. The van der Waals surface area contributed by atoms with E-state index in [0.717, 1.165) is 25.9 Å². The Balaban J connectivity index is 2.16. The van der Waals surface area contributed by atoms with Gasteiger partial charge in [-0.05, 0) is 32.0 Å². The summed E-state index contributed by atoms with van der Waals surface area (Å²) in [6, 6.07) is 4.58. The molecule has 0 radical (unpaired) electrons. The second-order valence-corrected chi connectivity index (χ2v) is 7.09. The van der Waals surface area contributed by atoms with Crippen LogP contribution in [-0.4, -0.2) is 46.1 Å². The molecule has 1 aliphatic heterocycles. The zero-order valence-corrected chi connectivity index (χ0v) is 13.3. The van der Waals surface area contributed by atoms with Crippen molar-refractivity contribution in [3.63, 3.8) is 0 Å². The van der Waals surface area contributed by atoms with E-state index in [-0.39, 0.29) is 11.0 Å². The Hall–Kier alpha value is -1.31. The van der Waals surface area contributed by atoms with Crippen LogP contribution >= 0.6 is 0 Å². The Morgan fingerprint density at radius 3 is 2.67 bits per heavy atom. The molecule has 21 heavy (non-hydrogen) atoms. The van der Waals surface area contributed by atoms with Crippen LogP contribution < -0.4 is 15.2 Å². The van der Waals surface area contributed by atoms with Crippen LogP contribution in [0.15, 0.2) is 23.1 Å². The average Bonchev–Trinajstić information content (AvgIpc) is 2.43. The number of nitrogens with zero attached hydrogens (tertiary/aromatic N) is 1. The number of ether oxygens (including phenoxy) is 1. The van der Waals surface area contributed by atoms with Gasteiger partial charge in [0.25, 0.3) is 0 Å². The molecule has 1 fully saturated rings. The molecule has 0 saturated carbocycles. The number of nitrogens with two attached hydrogens (primary N) is 1. The van der Waals surface area contributed by atoms with Gasteiger partial charge < -0.3 is 15.4 Å². The number of nitrogens with one attached hydrogen (secondary N) is 1. The molecule has 0 spiro atoms. The molecule has 0 atom stereocenters. The van der Waals surface area contributed by atoms with E-state index < -0.39 is 10.0 Å². The summed E-state index contributed by atoms with van der Waals surface area (Å²) in [5.41, 5.74) is 6.36. The molecule has 2 rings (SSSR count). The van der Waals surface area contributed by atoms with Crippen molar-refractivity contribution in [3.05, 3.63) is 18.2 Å². The lowest BCUT2D eigenvalue weighted by Crippen LogP contribution is -2.35. The van der Waals surface area contributed by atoms with Crippen LogP contribution in [0.25, 0.3) is 0 Å². The lowest BCUT2D eigenvalue weighted by atomic mass is 10.1. The maximum Gasteiger partial charge on any atom is 0.240 e. The third-order valence-corrected chi connectivity index (χ3v) is 5.13. The van der Waals surface area contributed by atoms with Gasteiger partial charge in [-0.3, -0.25) is 0 Å². The van der Waals surface area contributed by atoms with Crippen molar-refractivity contribution in [2.75, 3.05) is 32.4 Å². The molecule has 0 bridgehead atoms. The molecular formula is C14H23N3O3S. The van der Waals surface area contributed by atoms with Crippen LogP contribution in [0.5, 0.6) is 5.75 Å². The molecule has 3 N–H and O–H groups in total. The highest BCUT2D eigenvalue weighted by molar-refractivity contribution is 7.89. The van der Waals surface area contributed by atoms with Gasteiger partial charge in [0.15, 0.2) is 0 Å². The zero-order valence-electron chi connectivity index (χ0n) is 12.5. The second-order valence-electron chi connectivity index (χ2n) is 5.32. The van der Waals surface area contributed by atoms with Crippen LogP contribution in [-0.2, 0) is 10.0 Å². The highest BCUT2D eigenvalue weighted by Gasteiger charge is 2.20. The molecule has 1 saturated heterocycles. The van der Waals surface area contributed by atoms with E-state index >= 15 is 0 Å². The minimum Gasteiger partial charge on any atom is -0.488 e. The lowest BCUT2D eigenvalue weighted by Gasteiger charge is -2.29. The molecule has 0 aliphatic carbocycles. The Morgan fingerprint density at radius 1 is 1.38 bits per heavy atom. The van der Waals surface area contributed by atoms with E-state index in [1.165, 1.54) is 12.1 Å². The summed E-state index contributed by atoms with van der Waals surface area (Å²) in [6.07, 6.45) is 1.92. The highest BCUT2D eigenvalue weighted by atomic mass is 32.2. The van der Waals surface area contributed by atoms with Gasteiger partial charge in [-0.25, -0.2) is 13.1 Å². The Kier molecular flexibility index (Phi) is 5.08. The average molecular weight is 313 g/mol. The van der Waals surface area contributed by atoms with Crippen molar-refractivity contribution in [2.45, 2.75) is 30.8 Å². The molecule has 0 aromatic heterocycles. The Labute approximate surface area is 126 Å². The van der Waals surface area contributed by atoms with Crippen LogP contribution in [0.1, 0.15) is 19.8 Å². The molecule has 1 aromatic carbocycles. The van der Waals surface area contributed by atoms with E-state index in [1.807, 2.05) is 0 Å². The number of hydrogen-bond acceptors (Lipinski definition) is 5. The van der Waals surface area contributed by atoms with Crippen LogP contribution in [0.3, 0.4) is 0 Å². The first kappa shape index (κ1) is 16.1. The Morgan fingerprint density at radius 2 is 2.05 bits per heavy atom. The van der Waals surface area contributed by atoms with Crippen molar-refractivity contribution >= 4 is 15.7 Å². The van der Waals surface area contributed by atoms with Crippen LogP contribution in [0.2, 0.25) is 0 Å². The van der Waals surface area contributed by atoms with E-state index in [0.29, 0.717) is 18.0 Å². The fraction of sp³-hybridized carbons (Fsp3) is 0.571. The number of likely N-dealkylation sites (tertiary alicyclic amines) is 1. The van der Waals surface area contributed by atoms with Gasteiger partial charge in [-0.2, -0.15) is 0 Å². The monoisotopic (exact) mass is 313 g/mol. The van der Waals surface area contributed by atoms with Gasteiger partial charge in [-0.15, -0.1) is 0 Å². The first-order valence-electron chi connectivity index (χ1n) is 7.16. The third kappa shape index (κ3) is 4.09. The SMILES string of the molecule is CCNS(=O)(=O)c1ccc(N)c(OC2CCN(C)CC2)c1. The summed E-state index contributed by atoms with van der Waals surface area (Å²) in [4.78, 5) is 2.43. The number of hydrogen-bond donors (Lipinski definition) is 2. The fourth-order valence-electron chi connectivity index (χ4n) is 2.34. The van der Waals surface area contributed by atoms with Crippen molar-refractivity contribution < 1.29 is 13.2 Å². The molecular weight excluding hydrogens is 290 g/mol. The molecule has 1 heterocycles. The first-order valence-corrected chi connectivity index (χ1v) is 8.65. The standard InChI is InChI=1S/C14H23N3O3S/c1-3-16-21(18,19)12-4-5-13(15)14(10-12)20-11-6-8-17(2)9-7-11/h4-5,10-11,16H,3,6-9,15H2,1-2H3. The van der Waals surface area contributed by atoms with Gasteiger partial charge >= 0.3 is 0 Å². The van der Waals surface area contributed by atoms with E-state index in [9.17, 15) is 8.42 Å². The molecule has 6 nitrogen and oxygen atoms in total. The summed E-state index contributed by atoms with van der Waals surface area (Å²) in [5.74, 6) is 0.448. The van der Waals surface area contributed by atoms with Crippen molar-refractivity contribution in [1.82, 2.24) is 9.62 Å². The lowest BCUT2D eigenvalue weighted by molar-refractivity contribution is 0.115. The normalized spacial score (nSPS) is 17.8. The van der Waals surface area contributed by atoms with Crippen molar-refractivity contribution in [2.24, 2.45) is 0 Å². The summed E-state index contributed by atoms with van der Waals surface area (Å²) in [6.45, 7) is 4.03. The van der Waals surface area contributed by atoms with E-state index in [2.05, 4.69) is 16.7 Å². The van der Waals surface area contributed by atoms with E-state index in [4.69, 9.17) is 10.5 Å². The van der Waals surface area contributed by atoms with Gasteiger partial charge in [0.05, 0.1) is 10.6 Å². The maximum absolute atomic E-state index is 12.0. The maximum atomic E-state index is 12.0. The minimum absolute atomic E-state index is 0.0839. The molecule has 0 unspecified atom stereocenters. The molecule has 0 amide bonds. The van der Waals surface area contributed by atoms with Crippen LogP contribution in [0.4, 0.5) is 5.69 Å². The number of sulfonamides is 1. The van der Waals surface area contributed by atoms with Gasteiger partial charge in [0.2, 0.25) is 10.0 Å². The van der Waals surface area contributed by atoms with Crippen LogP contribution in [0, 0.1) is 0 Å². The number of benzene rings is 1. The number of rotatable bonds is 5. The van der Waals surface area contributed by atoms with Gasteiger partial charge in [-0.1, -0.05) is 6.92 Å². The number of piperidine rings is 1. The fourth-order valence-corrected chi connectivity index (χ4v) is 3.40. The highest BCUT2D eigenvalue weighted by Crippen LogP contribution is 2.28. The van der Waals surface area contributed by atoms with Crippen molar-refractivity contribution in [3.8, 4) is 5.75 Å². The summed E-state index contributed by atoms with van der Waals surface area (Å²) in [5, 5.41) is 0. The van der Waals surface area contributed by atoms with Gasteiger partial charge in [0, 0.05) is 25.7 Å². The largest absolute Gasteiger partial charge is 0.488 e. The molecule has 7 heteroatoms. The molecule has 118 valence electrons.